The first-order valence-corrected chi connectivity index (χ1v) is 14.0. The molecule has 4 rings (SSSR count). The first-order chi connectivity index (χ1) is 15.4. The molecule has 2 aromatic rings. The summed E-state index contributed by atoms with van der Waals surface area (Å²) in [6.07, 6.45) is 4.95. The van der Waals surface area contributed by atoms with Crippen LogP contribution in [0.5, 0.6) is 0 Å². The molecule has 174 valence electrons. The highest BCUT2D eigenvalue weighted by atomic mass is 31.2. The van der Waals surface area contributed by atoms with Crippen LogP contribution < -0.4 is 4.89 Å². The molecule has 0 bridgehead atoms. The van der Waals surface area contributed by atoms with Crippen molar-refractivity contribution in [3.8, 4) is 0 Å². The van der Waals surface area contributed by atoms with E-state index in [0.29, 0.717) is 6.42 Å². The average molecular weight is 455 g/mol. The van der Waals surface area contributed by atoms with Gasteiger partial charge < -0.3 is 10.00 Å². The molecule has 0 amide bonds. The molecule has 4 nitrogen and oxygen atoms in total. The molecular weight excluding hydrogens is 415 g/mol. The van der Waals surface area contributed by atoms with Crippen LogP contribution in [0.2, 0.25) is 0 Å². The summed E-state index contributed by atoms with van der Waals surface area (Å²) in [6.45, 7) is 8.56. The topological polar surface area (TPSA) is 49.8 Å². The van der Waals surface area contributed by atoms with Gasteiger partial charge in [-0.3, -0.25) is 0 Å². The van der Waals surface area contributed by atoms with Gasteiger partial charge in [0.2, 0.25) is 0 Å². The van der Waals surface area contributed by atoms with E-state index in [-0.39, 0.29) is 30.1 Å². The molecule has 0 unspecified atom stereocenters. The molecule has 1 saturated carbocycles. The third kappa shape index (κ3) is 4.29. The second-order valence-electron chi connectivity index (χ2n) is 10.1. The Bertz CT molecular complexity index is 801. The number of hydrogen-bond acceptors (Lipinski definition) is 4. The van der Waals surface area contributed by atoms with E-state index in [9.17, 15) is 5.11 Å². The molecule has 0 spiro atoms. The summed E-state index contributed by atoms with van der Waals surface area (Å²) in [6, 6.07) is 21.2. The van der Waals surface area contributed by atoms with Crippen LogP contribution in [0.4, 0.5) is 0 Å². The van der Waals surface area contributed by atoms with Gasteiger partial charge in [0.25, 0.3) is 0 Å². The van der Waals surface area contributed by atoms with Crippen LogP contribution in [0.15, 0.2) is 60.7 Å². The molecule has 2 aliphatic rings. The monoisotopic (exact) mass is 454 g/mol. The zero-order valence-electron chi connectivity index (χ0n) is 20.0. The van der Waals surface area contributed by atoms with E-state index in [1.54, 1.807) is 0 Å². The Labute approximate surface area is 194 Å². The van der Waals surface area contributed by atoms with E-state index in [1.807, 2.05) is 12.1 Å². The van der Waals surface area contributed by atoms with E-state index in [1.165, 1.54) is 11.1 Å². The number of fused-ring (bicyclic) bond motifs is 1. The van der Waals surface area contributed by atoms with Gasteiger partial charge in [-0.25, -0.2) is 0 Å². The second-order valence-corrected chi connectivity index (χ2v) is 12.7. The van der Waals surface area contributed by atoms with Crippen molar-refractivity contribution in [3.05, 3.63) is 71.8 Å². The highest BCUT2D eigenvalue weighted by Crippen LogP contribution is 2.74. The lowest BCUT2D eigenvalue weighted by Crippen LogP contribution is -2.44. The van der Waals surface area contributed by atoms with Gasteiger partial charge >= 0.3 is 0 Å². The minimum atomic E-state index is -3.26. The normalized spacial score (nSPS) is 26.6. The highest BCUT2D eigenvalue weighted by Gasteiger charge is 2.64. The number of hydrogen-bond donors (Lipinski definition) is 1. The summed E-state index contributed by atoms with van der Waals surface area (Å²) in [5.41, 5.74) is 2.34. The van der Waals surface area contributed by atoms with Crippen molar-refractivity contribution in [2.45, 2.75) is 89.8 Å². The maximum absolute atomic E-state index is 15.3. The molecule has 0 aromatic heterocycles. The van der Waals surface area contributed by atoms with E-state index >= 15 is 4.89 Å². The van der Waals surface area contributed by atoms with Gasteiger partial charge in [0.1, 0.15) is 7.79 Å². The standard InChI is InChI=1S/C27H39N2O2P/c1-20(2)19-27(30)32(31)28(21(3)23-13-7-5-8-14-23)25-17-11-12-18-26(25)29(32)22(4)24-15-9-6-10-16-24/h5-10,13-16,20-22,25-27,30H,11-12,17-19H2,1-4H3/t21-,22-,25+,26+,27-/m0/s1. The van der Waals surface area contributed by atoms with Gasteiger partial charge in [-0.05, 0) is 43.7 Å². The first-order valence-electron chi connectivity index (χ1n) is 12.3. The van der Waals surface area contributed by atoms with Crippen molar-refractivity contribution in [2.75, 3.05) is 0 Å². The van der Waals surface area contributed by atoms with E-state index < -0.39 is 13.6 Å². The van der Waals surface area contributed by atoms with Crippen molar-refractivity contribution >= 4 is 7.79 Å². The van der Waals surface area contributed by atoms with E-state index in [4.69, 9.17) is 0 Å². The molecule has 1 saturated heterocycles. The number of benzene rings is 2. The summed E-state index contributed by atoms with van der Waals surface area (Å²) in [5, 5.41) is 11.6. The molecule has 5 heteroatoms. The summed E-state index contributed by atoms with van der Waals surface area (Å²) in [4.78, 5) is 15.3. The smallest absolute Gasteiger partial charge is 0.192 e. The van der Waals surface area contributed by atoms with E-state index in [2.05, 4.69) is 85.6 Å². The molecule has 2 aromatic carbocycles. The number of rotatable bonds is 7. The summed E-state index contributed by atoms with van der Waals surface area (Å²) in [7, 11) is -3.26. The average Bonchev–Trinajstić information content (AvgIpc) is 3.08. The number of aliphatic hydroxyl groups is 1. The molecule has 2 fully saturated rings. The van der Waals surface area contributed by atoms with Crippen molar-refractivity contribution < 1.29 is 10.00 Å². The molecule has 5 atom stereocenters. The minimum absolute atomic E-state index is 0.0116. The summed E-state index contributed by atoms with van der Waals surface area (Å²) in [5.74, 6) is -0.577. The maximum atomic E-state index is 15.3. The van der Waals surface area contributed by atoms with Gasteiger partial charge in [-0.2, -0.15) is 9.34 Å². The van der Waals surface area contributed by atoms with Crippen LogP contribution in [-0.4, -0.2) is 32.4 Å². The van der Waals surface area contributed by atoms with E-state index in [0.717, 1.165) is 25.7 Å². The van der Waals surface area contributed by atoms with Gasteiger partial charge in [0.15, 0.2) is 5.85 Å². The Morgan fingerprint density at radius 2 is 1.22 bits per heavy atom. The Balaban J connectivity index is 1.83. The Hall–Kier alpha value is -1.29. The van der Waals surface area contributed by atoms with Crippen molar-refractivity contribution in [3.63, 3.8) is 0 Å². The molecule has 1 aliphatic heterocycles. The first kappa shape index (κ1) is 23.9. The fourth-order valence-electron chi connectivity index (χ4n) is 5.96. The predicted molar refractivity (Wildman–Crippen MR) is 132 cm³/mol. The molecule has 0 radical (unpaired) electrons. The Kier molecular flexibility index (Phi) is 7.39. The quantitative estimate of drug-likeness (QED) is 0.527. The van der Waals surface area contributed by atoms with Crippen LogP contribution in [-0.2, 0) is 0 Å². The SMILES string of the molecule is CC(C)C[C@@H](O)[P+]1([O-])N([C@@H](C)c2ccccc2)[C@@H]2CCCC[C@H]2N1[C@@H](C)c1ccccc1. The second kappa shape index (κ2) is 9.91. The molecule has 1 N–H and O–H groups in total. The van der Waals surface area contributed by atoms with Crippen LogP contribution in [0.3, 0.4) is 0 Å². The lowest BCUT2D eigenvalue weighted by atomic mass is 9.88. The predicted octanol–water partition coefficient (Wildman–Crippen LogP) is 5.93. The van der Waals surface area contributed by atoms with Gasteiger partial charge in [-0.15, -0.1) is 0 Å². The maximum Gasteiger partial charge on any atom is 0.192 e. The molecule has 32 heavy (non-hydrogen) atoms. The fraction of sp³-hybridized carbons (Fsp3) is 0.556. The minimum Gasteiger partial charge on any atom is -0.649 e. The largest absolute Gasteiger partial charge is 0.649 e. The lowest BCUT2D eigenvalue weighted by molar-refractivity contribution is -0.204. The van der Waals surface area contributed by atoms with Gasteiger partial charge in [-0.1, -0.05) is 87.4 Å². The number of nitrogens with zero attached hydrogens (tertiary/aromatic N) is 2. The fourth-order valence-corrected chi connectivity index (χ4v) is 10.2. The Morgan fingerprint density at radius 1 is 0.812 bits per heavy atom. The zero-order valence-corrected chi connectivity index (χ0v) is 20.9. The third-order valence-electron chi connectivity index (χ3n) is 7.46. The lowest BCUT2D eigenvalue weighted by Gasteiger charge is -2.47. The van der Waals surface area contributed by atoms with Gasteiger partial charge in [0.05, 0.1) is 24.2 Å². The van der Waals surface area contributed by atoms with Gasteiger partial charge in [0, 0.05) is 6.42 Å². The zero-order chi connectivity index (χ0) is 22.9. The van der Waals surface area contributed by atoms with Crippen molar-refractivity contribution in [2.24, 2.45) is 5.92 Å². The Morgan fingerprint density at radius 3 is 1.59 bits per heavy atom. The van der Waals surface area contributed by atoms with Crippen LogP contribution in [0.25, 0.3) is 0 Å². The highest BCUT2D eigenvalue weighted by molar-refractivity contribution is 7.65. The van der Waals surface area contributed by atoms with Crippen LogP contribution >= 0.6 is 7.79 Å². The number of aliphatic hydroxyl groups excluding tert-OH is 1. The molecular formula is C27H39N2O2P. The van der Waals surface area contributed by atoms with Crippen LogP contribution in [0, 0.1) is 5.92 Å². The van der Waals surface area contributed by atoms with Crippen molar-refractivity contribution in [1.82, 2.24) is 9.34 Å². The van der Waals surface area contributed by atoms with Crippen LogP contribution in [0.1, 0.15) is 83.0 Å². The van der Waals surface area contributed by atoms with Crippen molar-refractivity contribution in [1.29, 1.82) is 0 Å². The summed E-state index contributed by atoms with van der Waals surface area (Å²) >= 11 is 0. The molecule has 1 heterocycles. The molecule has 1 aliphatic carbocycles. The summed E-state index contributed by atoms with van der Waals surface area (Å²) < 4.78 is 4.53. The third-order valence-corrected chi connectivity index (χ3v) is 11.1.